The first-order valence-corrected chi connectivity index (χ1v) is 8.72. The van der Waals surface area contributed by atoms with Crippen molar-refractivity contribution < 1.29 is 9.53 Å². The Labute approximate surface area is 141 Å². The van der Waals surface area contributed by atoms with Gasteiger partial charge in [0.1, 0.15) is 0 Å². The number of nitrogens with zero attached hydrogens (tertiary/aromatic N) is 2. The third-order valence-corrected chi connectivity index (χ3v) is 5.03. The summed E-state index contributed by atoms with van der Waals surface area (Å²) in [4.78, 5) is 20.2. The van der Waals surface area contributed by atoms with Gasteiger partial charge in [0.05, 0.1) is 18.9 Å². The van der Waals surface area contributed by atoms with Gasteiger partial charge in [-0.2, -0.15) is 0 Å². The molecule has 1 atom stereocenters. The van der Waals surface area contributed by atoms with Crippen LogP contribution < -0.4 is 5.32 Å². The standard InChI is InChI=1S/C18H24N4O2/c23-18(20-17-3-1-2-16-15(17)4-6-19-16)22-7-5-14(13-22)12-21-8-10-24-11-9-21/h1-4,6,14,19H,5,7-13H2,(H,20,23). The number of H-pyrrole nitrogens is 1. The molecule has 2 amide bonds. The molecule has 128 valence electrons. The summed E-state index contributed by atoms with van der Waals surface area (Å²) in [6.07, 6.45) is 2.98. The highest BCUT2D eigenvalue weighted by Crippen LogP contribution is 2.24. The average Bonchev–Trinajstić information content (AvgIpc) is 3.25. The van der Waals surface area contributed by atoms with Crippen molar-refractivity contribution in [2.24, 2.45) is 5.92 Å². The molecule has 0 saturated carbocycles. The number of rotatable bonds is 3. The fraction of sp³-hybridized carbons (Fsp3) is 0.500. The van der Waals surface area contributed by atoms with E-state index in [1.54, 1.807) is 0 Å². The van der Waals surface area contributed by atoms with E-state index in [4.69, 9.17) is 4.74 Å². The average molecular weight is 328 g/mol. The van der Waals surface area contributed by atoms with Crippen molar-refractivity contribution in [3.8, 4) is 0 Å². The summed E-state index contributed by atoms with van der Waals surface area (Å²) in [5, 5.41) is 4.12. The van der Waals surface area contributed by atoms with Crippen LogP contribution in [0.25, 0.3) is 10.9 Å². The van der Waals surface area contributed by atoms with E-state index in [0.717, 1.165) is 68.9 Å². The first-order chi connectivity index (χ1) is 11.8. The Balaban J connectivity index is 1.34. The Morgan fingerprint density at radius 2 is 2.12 bits per heavy atom. The largest absolute Gasteiger partial charge is 0.379 e. The number of benzene rings is 1. The molecule has 24 heavy (non-hydrogen) atoms. The van der Waals surface area contributed by atoms with Gasteiger partial charge in [-0.05, 0) is 30.5 Å². The molecule has 4 rings (SSSR count). The SMILES string of the molecule is O=C(Nc1cccc2[nH]ccc12)N1CCC(CN2CCOCC2)C1. The number of carbonyl (C=O) groups excluding carboxylic acids is 1. The minimum absolute atomic E-state index is 0.00757. The molecule has 2 aliphatic rings. The number of amides is 2. The van der Waals surface area contributed by atoms with Gasteiger partial charge in [-0.3, -0.25) is 4.90 Å². The predicted octanol–water partition coefficient (Wildman–Crippen LogP) is 2.35. The molecule has 2 aliphatic heterocycles. The van der Waals surface area contributed by atoms with Crippen LogP contribution in [0.5, 0.6) is 0 Å². The Kier molecular flexibility index (Phi) is 4.40. The number of nitrogens with one attached hydrogen (secondary N) is 2. The summed E-state index contributed by atoms with van der Waals surface area (Å²) in [6, 6.07) is 7.93. The Hall–Kier alpha value is -2.05. The zero-order valence-corrected chi connectivity index (χ0v) is 13.8. The minimum atomic E-state index is 0.00757. The van der Waals surface area contributed by atoms with Gasteiger partial charge in [0.25, 0.3) is 0 Å². The maximum Gasteiger partial charge on any atom is 0.321 e. The Morgan fingerprint density at radius 1 is 1.25 bits per heavy atom. The minimum Gasteiger partial charge on any atom is -0.379 e. The maximum absolute atomic E-state index is 12.6. The van der Waals surface area contributed by atoms with Gasteiger partial charge in [-0.1, -0.05) is 6.07 Å². The summed E-state index contributed by atoms with van der Waals surface area (Å²) in [5.41, 5.74) is 1.91. The molecule has 1 unspecified atom stereocenters. The fourth-order valence-electron chi connectivity index (χ4n) is 3.70. The van der Waals surface area contributed by atoms with E-state index in [2.05, 4.69) is 15.2 Å². The van der Waals surface area contributed by atoms with E-state index >= 15 is 0 Å². The number of morpholine rings is 1. The molecule has 0 aliphatic carbocycles. The zero-order valence-electron chi connectivity index (χ0n) is 13.8. The lowest BCUT2D eigenvalue weighted by atomic mass is 10.1. The third kappa shape index (κ3) is 3.25. The molecule has 6 heteroatoms. The summed E-state index contributed by atoms with van der Waals surface area (Å²) in [7, 11) is 0. The molecule has 6 nitrogen and oxygen atoms in total. The Bertz CT molecular complexity index is 708. The molecule has 3 heterocycles. The van der Waals surface area contributed by atoms with E-state index < -0.39 is 0 Å². The van der Waals surface area contributed by atoms with Crippen LogP contribution in [0.15, 0.2) is 30.5 Å². The van der Waals surface area contributed by atoms with Gasteiger partial charge >= 0.3 is 6.03 Å². The smallest absolute Gasteiger partial charge is 0.321 e. The summed E-state index contributed by atoms with van der Waals surface area (Å²) in [6.45, 7) is 6.43. The van der Waals surface area contributed by atoms with E-state index in [1.165, 1.54) is 0 Å². The van der Waals surface area contributed by atoms with Gasteiger partial charge in [0.15, 0.2) is 0 Å². The van der Waals surface area contributed by atoms with E-state index in [-0.39, 0.29) is 6.03 Å². The number of carbonyl (C=O) groups is 1. The monoisotopic (exact) mass is 328 g/mol. The second-order valence-electron chi connectivity index (χ2n) is 6.69. The molecule has 2 fully saturated rings. The molecule has 1 aromatic heterocycles. The number of anilines is 1. The number of ether oxygens (including phenoxy) is 1. The van der Waals surface area contributed by atoms with E-state index in [0.29, 0.717) is 5.92 Å². The van der Waals surface area contributed by atoms with Crippen LogP contribution in [0.1, 0.15) is 6.42 Å². The highest BCUT2D eigenvalue weighted by molar-refractivity contribution is 6.00. The number of urea groups is 1. The first kappa shape index (κ1) is 15.5. The van der Waals surface area contributed by atoms with Gasteiger partial charge < -0.3 is 19.9 Å². The van der Waals surface area contributed by atoms with Crippen LogP contribution in [-0.4, -0.2) is 66.8 Å². The number of fused-ring (bicyclic) bond motifs is 1. The zero-order chi connectivity index (χ0) is 16.4. The van der Waals surface area contributed by atoms with Gasteiger partial charge in [0, 0.05) is 49.8 Å². The van der Waals surface area contributed by atoms with Crippen molar-refractivity contribution in [2.45, 2.75) is 6.42 Å². The van der Waals surface area contributed by atoms with Crippen molar-refractivity contribution in [1.82, 2.24) is 14.8 Å². The predicted molar refractivity (Wildman–Crippen MR) is 94.3 cm³/mol. The maximum atomic E-state index is 12.6. The van der Waals surface area contributed by atoms with Crippen LogP contribution in [0.3, 0.4) is 0 Å². The summed E-state index contributed by atoms with van der Waals surface area (Å²) in [5.74, 6) is 0.567. The van der Waals surface area contributed by atoms with Crippen molar-refractivity contribution in [3.63, 3.8) is 0 Å². The van der Waals surface area contributed by atoms with Gasteiger partial charge in [-0.25, -0.2) is 4.79 Å². The molecule has 2 N–H and O–H groups in total. The molecule has 0 spiro atoms. The van der Waals surface area contributed by atoms with Crippen LogP contribution in [-0.2, 0) is 4.74 Å². The molecular weight excluding hydrogens is 304 g/mol. The normalized spacial score (nSPS) is 22.2. The molecule has 2 saturated heterocycles. The highest BCUT2D eigenvalue weighted by atomic mass is 16.5. The van der Waals surface area contributed by atoms with Crippen molar-refractivity contribution >= 4 is 22.6 Å². The van der Waals surface area contributed by atoms with Crippen molar-refractivity contribution in [2.75, 3.05) is 51.3 Å². The molecule has 2 aromatic rings. The van der Waals surface area contributed by atoms with Crippen LogP contribution in [0.4, 0.5) is 10.5 Å². The summed E-state index contributed by atoms with van der Waals surface area (Å²) >= 11 is 0. The Morgan fingerprint density at radius 3 is 3.00 bits per heavy atom. The number of aromatic amines is 1. The number of aromatic nitrogens is 1. The molecule has 1 aromatic carbocycles. The second kappa shape index (κ2) is 6.83. The number of likely N-dealkylation sites (tertiary alicyclic amines) is 1. The fourth-order valence-corrected chi connectivity index (χ4v) is 3.70. The highest BCUT2D eigenvalue weighted by Gasteiger charge is 2.28. The lowest BCUT2D eigenvalue weighted by molar-refractivity contribution is 0.0314. The van der Waals surface area contributed by atoms with Gasteiger partial charge in [0.2, 0.25) is 0 Å². The molecule has 0 radical (unpaired) electrons. The van der Waals surface area contributed by atoms with Crippen molar-refractivity contribution in [1.29, 1.82) is 0 Å². The first-order valence-electron chi connectivity index (χ1n) is 8.72. The number of hydrogen-bond donors (Lipinski definition) is 2. The van der Waals surface area contributed by atoms with Crippen LogP contribution in [0, 0.1) is 5.92 Å². The number of hydrogen-bond acceptors (Lipinski definition) is 3. The third-order valence-electron chi connectivity index (χ3n) is 5.03. The van der Waals surface area contributed by atoms with Crippen LogP contribution >= 0.6 is 0 Å². The van der Waals surface area contributed by atoms with E-state index in [9.17, 15) is 4.79 Å². The lowest BCUT2D eigenvalue weighted by Gasteiger charge is -2.29. The van der Waals surface area contributed by atoms with Crippen molar-refractivity contribution in [3.05, 3.63) is 30.5 Å². The second-order valence-corrected chi connectivity index (χ2v) is 6.69. The van der Waals surface area contributed by atoms with Gasteiger partial charge in [-0.15, -0.1) is 0 Å². The summed E-state index contributed by atoms with van der Waals surface area (Å²) < 4.78 is 5.40. The molecular formula is C18H24N4O2. The van der Waals surface area contributed by atoms with Crippen LogP contribution in [0.2, 0.25) is 0 Å². The lowest BCUT2D eigenvalue weighted by Crippen LogP contribution is -2.40. The molecule has 0 bridgehead atoms. The van der Waals surface area contributed by atoms with E-state index in [1.807, 2.05) is 35.4 Å². The quantitative estimate of drug-likeness (QED) is 0.909. The topological polar surface area (TPSA) is 60.6 Å².